The van der Waals surface area contributed by atoms with E-state index in [-0.39, 0.29) is 5.91 Å². The molecule has 0 saturated carbocycles. The van der Waals surface area contributed by atoms with Gasteiger partial charge in [-0.05, 0) is 57.3 Å². The largest absolute Gasteiger partial charge is 0.492 e. The van der Waals surface area contributed by atoms with Crippen molar-refractivity contribution >= 4 is 34.6 Å². The summed E-state index contributed by atoms with van der Waals surface area (Å²) in [5, 5.41) is 11.4. The van der Waals surface area contributed by atoms with Crippen molar-refractivity contribution in [3.63, 3.8) is 0 Å². The number of nitrogens with zero attached hydrogens (tertiary/aromatic N) is 1. The molecular weight excluding hydrogens is 392 g/mol. The number of hydrogen-bond donors (Lipinski definition) is 3. The molecule has 0 bridgehead atoms. The van der Waals surface area contributed by atoms with Crippen molar-refractivity contribution in [3.05, 3.63) is 28.6 Å². The first-order valence-corrected chi connectivity index (χ1v) is 11.3. The van der Waals surface area contributed by atoms with Crippen LogP contribution in [0.1, 0.15) is 43.9 Å². The maximum absolute atomic E-state index is 11.7. The third kappa shape index (κ3) is 9.52. The number of ether oxygens (including phenoxy) is 1. The smallest absolute Gasteiger partial charge is 0.225 e. The predicted octanol–water partition coefficient (Wildman–Crippen LogP) is 3.01. The van der Waals surface area contributed by atoms with Crippen LogP contribution in [0, 0.1) is 0 Å². The first-order chi connectivity index (χ1) is 13.7. The highest BCUT2D eigenvalue weighted by atomic mass is 32.1. The van der Waals surface area contributed by atoms with E-state index >= 15 is 0 Å². The van der Waals surface area contributed by atoms with Crippen LogP contribution in [0.25, 0.3) is 0 Å². The van der Waals surface area contributed by atoms with E-state index in [0.29, 0.717) is 24.7 Å². The molecule has 28 heavy (non-hydrogen) atoms. The summed E-state index contributed by atoms with van der Waals surface area (Å²) in [7, 11) is 0. The van der Waals surface area contributed by atoms with Gasteiger partial charge in [-0.25, -0.2) is 0 Å². The van der Waals surface area contributed by atoms with Gasteiger partial charge in [-0.15, -0.1) is 11.3 Å². The van der Waals surface area contributed by atoms with Gasteiger partial charge in [0.2, 0.25) is 5.91 Å². The van der Waals surface area contributed by atoms with E-state index in [9.17, 15) is 4.79 Å². The van der Waals surface area contributed by atoms with Gasteiger partial charge in [0.1, 0.15) is 5.75 Å². The number of carbonyl (C=O) groups excluding carboxylic acids is 1. The number of hydrogen-bond acceptors (Lipinski definition) is 5. The Hall–Kier alpha value is -1.64. The first kappa shape index (κ1) is 22.6. The minimum absolute atomic E-state index is 0.0378. The minimum atomic E-state index is -0.0378. The van der Waals surface area contributed by atoms with Crippen LogP contribution in [0.15, 0.2) is 23.7 Å². The molecule has 156 valence electrons. The van der Waals surface area contributed by atoms with E-state index in [2.05, 4.69) is 32.3 Å². The monoisotopic (exact) mass is 424 g/mol. The summed E-state index contributed by atoms with van der Waals surface area (Å²) in [6, 6.07) is 2.15. The van der Waals surface area contributed by atoms with E-state index < -0.39 is 0 Å². The molecule has 1 aliphatic heterocycles. The number of thiocarbonyl (C=S) groups is 1. The van der Waals surface area contributed by atoms with Crippen LogP contribution in [0.2, 0.25) is 0 Å². The van der Waals surface area contributed by atoms with Gasteiger partial charge in [-0.1, -0.05) is 12.5 Å². The van der Waals surface area contributed by atoms with Gasteiger partial charge in [-0.2, -0.15) is 0 Å². The fraction of sp³-hybridized carbons (Fsp3) is 0.600. The molecule has 1 fully saturated rings. The fourth-order valence-electron chi connectivity index (χ4n) is 2.92. The van der Waals surface area contributed by atoms with E-state index in [1.165, 1.54) is 37.2 Å². The second kappa shape index (κ2) is 13.5. The first-order valence-electron chi connectivity index (χ1n) is 10.1. The quantitative estimate of drug-likeness (QED) is 0.375. The lowest BCUT2D eigenvalue weighted by molar-refractivity contribution is -0.120. The Morgan fingerprint density at radius 3 is 2.93 bits per heavy atom. The van der Waals surface area contributed by atoms with E-state index in [0.717, 1.165) is 25.3 Å². The number of likely N-dealkylation sites (tertiary alicyclic amines) is 1. The van der Waals surface area contributed by atoms with E-state index in [4.69, 9.17) is 17.0 Å². The molecule has 0 aromatic carbocycles. The Morgan fingerprint density at radius 1 is 1.32 bits per heavy atom. The molecule has 1 aliphatic rings. The summed E-state index contributed by atoms with van der Waals surface area (Å²) < 4.78 is 5.79. The summed E-state index contributed by atoms with van der Waals surface area (Å²) in [6.07, 6.45) is 8.72. The van der Waals surface area contributed by atoms with Gasteiger partial charge in [0.05, 0.1) is 6.61 Å². The van der Waals surface area contributed by atoms with Crippen molar-refractivity contribution < 1.29 is 9.53 Å². The van der Waals surface area contributed by atoms with E-state index in [1.54, 1.807) is 17.5 Å². The number of rotatable bonds is 11. The molecule has 0 unspecified atom stereocenters. The highest BCUT2D eigenvalue weighted by Gasteiger charge is 2.11. The number of amides is 1. The normalized spacial score (nSPS) is 14.8. The Kier molecular flexibility index (Phi) is 10.9. The van der Waals surface area contributed by atoms with Crippen LogP contribution < -0.4 is 20.7 Å². The van der Waals surface area contributed by atoms with Gasteiger partial charge in [0, 0.05) is 42.7 Å². The van der Waals surface area contributed by atoms with Crippen molar-refractivity contribution in [2.24, 2.45) is 0 Å². The average molecular weight is 425 g/mol. The third-order valence-electron chi connectivity index (χ3n) is 4.35. The summed E-state index contributed by atoms with van der Waals surface area (Å²) >= 11 is 6.81. The summed E-state index contributed by atoms with van der Waals surface area (Å²) in [5.41, 5.74) is 0. The molecule has 0 spiro atoms. The highest BCUT2D eigenvalue weighted by Crippen LogP contribution is 2.24. The number of nitrogens with one attached hydrogen (secondary N) is 3. The van der Waals surface area contributed by atoms with Crippen LogP contribution in [0.3, 0.4) is 0 Å². The summed E-state index contributed by atoms with van der Waals surface area (Å²) in [5.74, 6) is 0.904. The average Bonchev–Trinajstić information content (AvgIpc) is 3.13. The summed E-state index contributed by atoms with van der Waals surface area (Å²) in [4.78, 5) is 15.6. The van der Waals surface area contributed by atoms with Crippen LogP contribution in [0.5, 0.6) is 5.75 Å². The lowest BCUT2D eigenvalue weighted by atomic mass is 10.1. The molecule has 1 amide bonds. The molecule has 1 aromatic rings. The maximum atomic E-state index is 11.7. The second-order valence-electron chi connectivity index (χ2n) is 6.73. The molecule has 0 radical (unpaired) electrons. The zero-order valence-electron chi connectivity index (χ0n) is 16.7. The van der Waals surface area contributed by atoms with Crippen LogP contribution in [-0.2, 0) is 11.3 Å². The molecule has 3 N–H and O–H groups in total. The highest BCUT2D eigenvalue weighted by molar-refractivity contribution is 7.80. The number of thiophene rings is 1. The Morgan fingerprint density at radius 2 is 2.14 bits per heavy atom. The predicted molar refractivity (Wildman–Crippen MR) is 120 cm³/mol. The number of piperidine rings is 1. The Bertz CT molecular complexity index is 627. The van der Waals surface area contributed by atoms with Crippen LogP contribution in [-0.4, -0.2) is 48.7 Å². The fourth-order valence-corrected chi connectivity index (χ4v) is 4.01. The zero-order chi connectivity index (χ0) is 20.0. The lowest BCUT2D eigenvalue weighted by Crippen LogP contribution is -2.36. The van der Waals surface area contributed by atoms with Crippen molar-refractivity contribution in [1.82, 2.24) is 20.9 Å². The molecule has 1 aromatic heterocycles. The van der Waals surface area contributed by atoms with Gasteiger partial charge < -0.3 is 20.7 Å². The van der Waals surface area contributed by atoms with Gasteiger partial charge >= 0.3 is 0 Å². The minimum Gasteiger partial charge on any atom is -0.492 e. The zero-order valence-corrected chi connectivity index (χ0v) is 18.3. The van der Waals surface area contributed by atoms with Crippen molar-refractivity contribution in [2.75, 3.05) is 32.8 Å². The van der Waals surface area contributed by atoms with Gasteiger partial charge in [0.15, 0.2) is 5.11 Å². The molecule has 1 saturated heterocycles. The molecule has 0 atom stereocenters. The van der Waals surface area contributed by atoms with Crippen molar-refractivity contribution in [2.45, 2.75) is 45.6 Å². The van der Waals surface area contributed by atoms with E-state index in [1.807, 2.05) is 13.0 Å². The molecule has 6 nitrogen and oxygen atoms in total. The SMILES string of the molecule is CCNC(=S)NCCC(=O)N/C=C\CCOc1csc(CN2CCCCC2)c1. The second-order valence-corrected chi connectivity index (χ2v) is 8.13. The lowest BCUT2D eigenvalue weighted by Gasteiger charge is -2.25. The van der Waals surface area contributed by atoms with Crippen molar-refractivity contribution in [3.8, 4) is 5.75 Å². The maximum Gasteiger partial charge on any atom is 0.225 e. The Balaban J connectivity index is 1.52. The van der Waals surface area contributed by atoms with Crippen molar-refractivity contribution in [1.29, 1.82) is 0 Å². The standard InChI is InChI=1S/C20H32N4O2S2/c1-2-21-20(27)23-10-8-19(25)22-9-4-7-13-26-17-14-18(28-16-17)15-24-11-5-3-6-12-24/h4,9,14,16H,2-3,5-8,10-13,15H2,1H3,(H,22,25)(H2,21,23,27)/b9-4-. The number of carbonyl (C=O) groups is 1. The molecule has 2 rings (SSSR count). The van der Waals surface area contributed by atoms with Gasteiger partial charge in [-0.3, -0.25) is 9.69 Å². The Labute approximate surface area is 177 Å². The third-order valence-corrected chi connectivity index (χ3v) is 5.54. The van der Waals surface area contributed by atoms with Crippen LogP contribution >= 0.6 is 23.6 Å². The summed E-state index contributed by atoms with van der Waals surface area (Å²) in [6.45, 7) is 7.33. The molecular formula is C20H32N4O2S2. The molecule has 8 heteroatoms. The topological polar surface area (TPSA) is 65.6 Å². The molecule has 0 aliphatic carbocycles. The van der Waals surface area contributed by atoms with Crippen LogP contribution in [0.4, 0.5) is 0 Å². The van der Waals surface area contributed by atoms with Gasteiger partial charge in [0.25, 0.3) is 0 Å². The molecule has 2 heterocycles.